The van der Waals surface area contributed by atoms with E-state index in [1.54, 1.807) is 11.3 Å². The zero-order valence-corrected chi connectivity index (χ0v) is 33.9. The number of para-hydroxylation sites is 2. The van der Waals surface area contributed by atoms with Crippen LogP contribution in [0, 0.1) is 0 Å². The Kier molecular flexibility index (Phi) is 8.53. The van der Waals surface area contributed by atoms with Gasteiger partial charge in [-0.05, 0) is 48.5 Å². The van der Waals surface area contributed by atoms with Gasteiger partial charge in [0.1, 0.15) is 0 Å². The Morgan fingerprint density at radius 2 is 0.790 bits per heavy atom. The van der Waals surface area contributed by atoms with Gasteiger partial charge < -0.3 is 4.57 Å². The van der Waals surface area contributed by atoms with Gasteiger partial charge in [0.05, 0.1) is 11.0 Å². The van der Waals surface area contributed by atoms with Crippen LogP contribution in [0.2, 0.25) is 0 Å². The van der Waals surface area contributed by atoms with Crippen molar-refractivity contribution in [2.75, 3.05) is 0 Å². The first-order chi connectivity index (χ1) is 30.7. The van der Waals surface area contributed by atoms with Gasteiger partial charge in [-0.2, -0.15) is 0 Å². The summed E-state index contributed by atoms with van der Waals surface area (Å²) in [6.45, 7) is 0. The Morgan fingerprint density at radius 3 is 1.44 bits per heavy atom. The lowest BCUT2D eigenvalue weighted by Crippen LogP contribution is -2.00. The average Bonchev–Trinajstić information content (AvgIpc) is 3.90. The molecule has 8 aromatic carbocycles. The molecule has 12 rings (SSSR count). The van der Waals surface area contributed by atoms with E-state index < -0.39 is 0 Å². The summed E-state index contributed by atoms with van der Waals surface area (Å²) in [5.74, 6) is 3.74. The summed E-state index contributed by atoms with van der Waals surface area (Å²) in [5.41, 5.74) is 8.91. The zero-order valence-electron chi connectivity index (χ0n) is 33.1. The fraction of sp³-hybridized carbons (Fsp3) is 0. The number of rotatable bonds is 7. The van der Waals surface area contributed by atoms with Crippen molar-refractivity contribution < 1.29 is 0 Å². The van der Waals surface area contributed by atoms with E-state index >= 15 is 0 Å². The van der Waals surface area contributed by atoms with Crippen molar-refractivity contribution in [3.8, 4) is 74.0 Å². The summed E-state index contributed by atoms with van der Waals surface area (Å²) < 4.78 is 4.57. The van der Waals surface area contributed by atoms with Crippen molar-refractivity contribution >= 4 is 53.3 Å². The van der Waals surface area contributed by atoms with E-state index in [1.807, 2.05) is 78.9 Å². The molecule has 0 aliphatic heterocycles. The maximum atomic E-state index is 5.35. The van der Waals surface area contributed by atoms with Crippen LogP contribution in [0.1, 0.15) is 0 Å². The monoisotopic (exact) mass is 811 g/mol. The molecule has 0 bridgehead atoms. The molecular formula is C54H33N7S. The van der Waals surface area contributed by atoms with E-state index in [1.165, 1.54) is 0 Å². The molecule has 0 aliphatic carbocycles. The minimum absolute atomic E-state index is 0.618. The molecule has 0 saturated heterocycles. The number of fused-ring (bicyclic) bond motifs is 6. The maximum Gasteiger partial charge on any atom is 0.165 e. The van der Waals surface area contributed by atoms with Gasteiger partial charge in [0, 0.05) is 70.0 Å². The second-order valence-electron chi connectivity index (χ2n) is 15.1. The lowest BCUT2D eigenvalue weighted by molar-refractivity contribution is 1.07. The van der Waals surface area contributed by atoms with Gasteiger partial charge in [0.15, 0.2) is 34.9 Å². The number of benzene rings is 8. The van der Waals surface area contributed by atoms with Crippen LogP contribution in [-0.4, -0.2) is 34.5 Å². The van der Waals surface area contributed by atoms with E-state index in [0.717, 1.165) is 81.0 Å². The lowest BCUT2D eigenvalue weighted by atomic mass is 10.0. The number of nitrogens with zero attached hydrogens (tertiary/aromatic N) is 7. The van der Waals surface area contributed by atoms with Crippen LogP contribution in [0.5, 0.6) is 0 Å². The van der Waals surface area contributed by atoms with Gasteiger partial charge in [0.25, 0.3) is 0 Å². The first kappa shape index (κ1) is 35.7. The smallest absolute Gasteiger partial charge is 0.165 e. The molecule has 0 spiro atoms. The second kappa shape index (κ2) is 14.8. The molecule has 0 aliphatic rings. The van der Waals surface area contributed by atoms with Crippen LogP contribution in [0.4, 0.5) is 0 Å². The van der Waals surface area contributed by atoms with E-state index in [4.69, 9.17) is 29.9 Å². The summed E-state index contributed by atoms with van der Waals surface area (Å²) in [4.78, 5) is 30.7. The molecule has 12 aromatic rings. The van der Waals surface area contributed by atoms with Crippen molar-refractivity contribution in [2.24, 2.45) is 0 Å². The predicted octanol–water partition coefficient (Wildman–Crippen LogP) is 13.5. The first-order valence-electron chi connectivity index (χ1n) is 20.5. The van der Waals surface area contributed by atoms with Gasteiger partial charge in [-0.25, -0.2) is 29.9 Å². The molecule has 0 amide bonds. The van der Waals surface area contributed by atoms with Gasteiger partial charge in [-0.1, -0.05) is 152 Å². The van der Waals surface area contributed by atoms with Crippen molar-refractivity contribution in [3.05, 3.63) is 200 Å². The summed E-state index contributed by atoms with van der Waals surface area (Å²) in [7, 11) is 0. The number of hydrogen-bond acceptors (Lipinski definition) is 7. The Bertz CT molecular complexity index is 3570. The van der Waals surface area contributed by atoms with E-state index in [2.05, 4.69) is 126 Å². The van der Waals surface area contributed by atoms with Crippen LogP contribution < -0.4 is 0 Å². The maximum absolute atomic E-state index is 5.35. The highest BCUT2D eigenvalue weighted by atomic mass is 32.1. The zero-order chi connectivity index (χ0) is 41.0. The standard InChI is InChI=1S/C54H33N7S/c1-5-17-34(18-6-1)49-55-50(35-19-7-2-8-20-35)57-52(56-49)37-31-32-46-43(33-37)39-26-15-28-42(48(39)62-46)54-59-51(36-21-9-3-10-22-36)58-53(60-54)41-27-16-30-45-47(41)40-25-13-14-29-44(40)61(45)38-23-11-4-12-24-38/h1-33H. The third-order valence-electron chi connectivity index (χ3n) is 11.3. The lowest BCUT2D eigenvalue weighted by Gasteiger charge is -2.11. The summed E-state index contributed by atoms with van der Waals surface area (Å²) in [6, 6.07) is 68.7. The third kappa shape index (κ3) is 6.12. The second-order valence-corrected chi connectivity index (χ2v) is 16.1. The Hall–Kier alpha value is -8.20. The molecule has 0 atom stereocenters. The predicted molar refractivity (Wildman–Crippen MR) is 253 cm³/mol. The molecule has 4 aromatic heterocycles. The van der Waals surface area contributed by atoms with Crippen LogP contribution >= 0.6 is 11.3 Å². The molecule has 8 heteroatoms. The van der Waals surface area contributed by atoms with Crippen LogP contribution in [0.15, 0.2) is 200 Å². The molecule has 290 valence electrons. The molecule has 0 saturated carbocycles. The quantitative estimate of drug-likeness (QED) is 0.159. The topological polar surface area (TPSA) is 82.3 Å². The molecule has 0 radical (unpaired) electrons. The van der Waals surface area contributed by atoms with Gasteiger partial charge in [-0.3, -0.25) is 0 Å². The molecule has 0 unspecified atom stereocenters. The average molecular weight is 812 g/mol. The largest absolute Gasteiger partial charge is 0.309 e. The summed E-state index contributed by atoms with van der Waals surface area (Å²) in [5, 5.41) is 4.46. The minimum Gasteiger partial charge on any atom is -0.309 e. The van der Waals surface area contributed by atoms with Crippen LogP contribution in [0.3, 0.4) is 0 Å². The fourth-order valence-electron chi connectivity index (χ4n) is 8.45. The molecule has 4 heterocycles. The molecule has 0 N–H and O–H groups in total. The van der Waals surface area contributed by atoms with Gasteiger partial charge in [-0.15, -0.1) is 11.3 Å². The van der Waals surface area contributed by atoms with E-state index in [-0.39, 0.29) is 0 Å². The molecule has 0 fully saturated rings. The summed E-state index contributed by atoms with van der Waals surface area (Å²) >= 11 is 1.74. The van der Waals surface area contributed by atoms with Crippen LogP contribution in [-0.2, 0) is 0 Å². The fourth-order valence-corrected chi connectivity index (χ4v) is 9.64. The number of thiophene rings is 1. The Morgan fingerprint density at radius 1 is 0.323 bits per heavy atom. The molecular weight excluding hydrogens is 779 g/mol. The normalized spacial score (nSPS) is 11.5. The highest BCUT2D eigenvalue weighted by molar-refractivity contribution is 7.26. The van der Waals surface area contributed by atoms with E-state index in [0.29, 0.717) is 34.9 Å². The SMILES string of the molecule is c1ccc(-c2nc(-c3ccccc3)nc(-c3ccc4sc5c(-c6nc(-c7ccccc7)nc(-c7cccc8c7c7ccccc7n8-c7ccccc7)n6)cccc5c4c3)n2)cc1. The Labute approximate surface area is 360 Å². The minimum atomic E-state index is 0.618. The van der Waals surface area contributed by atoms with Gasteiger partial charge in [0.2, 0.25) is 0 Å². The summed E-state index contributed by atoms with van der Waals surface area (Å²) in [6.07, 6.45) is 0. The van der Waals surface area contributed by atoms with E-state index in [9.17, 15) is 0 Å². The van der Waals surface area contributed by atoms with Gasteiger partial charge >= 0.3 is 0 Å². The highest BCUT2D eigenvalue weighted by Crippen LogP contribution is 2.42. The molecule has 62 heavy (non-hydrogen) atoms. The number of hydrogen-bond donors (Lipinski definition) is 0. The highest BCUT2D eigenvalue weighted by Gasteiger charge is 2.21. The van der Waals surface area contributed by atoms with Crippen molar-refractivity contribution in [1.82, 2.24) is 34.5 Å². The Balaban J connectivity index is 1.04. The number of aromatic nitrogens is 7. The van der Waals surface area contributed by atoms with Crippen molar-refractivity contribution in [3.63, 3.8) is 0 Å². The van der Waals surface area contributed by atoms with Crippen molar-refractivity contribution in [1.29, 1.82) is 0 Å². The van der Waals surface area contributed by atoms with Crippen molar-refractivity contribution in [2.45, 2.75) is 0 Å². The van der Waals surface area contributed by atoms with Crippen LogP contribution in [0.25, 0.3) is 116 Å². The molecule has 7 nitrogen and oxygen atoms in total. The third-order valence-corrected chi connectivity index (χ3v) is 12.5. The first-order valence-corrected chi connectivity index (χ1v) is 21.3.